The molecule has 1 heteroatoms. The summed E-state index contributed by atoms with van der Waals surface area (Å²) in [6.45, 7) is 8.34. The van der Waals surface area contributed by atoms with Gasteiger partial charge in [-0.15, -0.1) is 0 Å². The van der Waals surface area contributed by atoms with E-state index in [4.69, 9.17) is 0 Å². The summed E-state index contributed by atoms with van der Waals surface area (Å²) in [6.07, 6.45) is 4.31. The van der Waals surface area contributed by atoms with Crippen LogP contribution in [0.2, 0.25) is 0 Å². The largest absolute Gasteiger partial charge is 0.206 e. The van der Waals surface area contributed by atoms with E-state index in [-0.39, 0.29) is 11.2 Å². The van der Waals surface area contributed by atoms with E-state index in [0.29, 0.717) is 0 Å². The first kappa shape index (κ1) is 13.2. The zero-order chi connectivity index (χ0) is 12.2. The summed E-state index contributed by atoms with van der Waals surface area (Å²) in [6, 6.07) is 5.80. The number of halogens is 1. The Kier molecular flexibility index (Phi) is 4.52. The third-order valence-corrected chi connectivity index (χ3v) is 2.94. The molecule has 1 aromatic carbocycles. The molecule has 0 aliphatic heterocycles. The first-order valence-corrected chi connectivity index (χ1v) is 6.24. The van der Waals surface area contributed by atoms with Gasteiger partial charge >= 0.3 is 0 Å². The molecule has 0 atom stereocenters. The normalized spacial score (nSPS) is 11.8. The van der Waals surface area contributed by atoms with Gasteiger partial charge in [0, 0.05) is 0 Å². The molecule has 0 saturated heterocycles. The lowest BCUT2D eigenvalue weighted by Crippen LogP contribution is -2.14. The van der Waals surface area contributed by atoms with Crippen molar-refractivity contribution >= 4 is 0 Å². The Morgan fingerprint density at radius 1 is 1.12 bits per heavy atom. The molecule has 0 aliphatic carbocycles. The van der Waals surface area contributed by atoms with Crippen LogP contribution in [0.15, 0.2) is 18.2 Å². The molecule has 0 aliphatic rings. The maximum Gasteiger partial charge on any atom is 0.130 e. The predicted octanol–water partition coefficient (Wildman–Crippen LogP) is 4.86. The van der Waals surface area contributed by atoms with Gasteiger partial charge in [-0.1, -0.05) is 58.7 Å². The molecule has 90 valence electrons. The number of unbranched alkanes of at least 4 members (excludes halogenated alkanes) is 2. The number of rotatable bonds is 4. The predicted molar refractivity (Wildman–Crippen MR) is 68.3 cm³/mol. The van der Waals surface area contributed by atoms with Gasteiger partial charge in [0.1, 0.15) is 5.82 Å². The van der Waals surface area contributed by atoms with Crippen molar-refractivity contribution in [2.75, 3.05) is 0 Å². The molecular formula is C15H23F. The van der Waals surface area contributed by atoms with Gasteiger partial charge in [0.05, 0.1) is 0 Å². The van der Waals surface area contributed by atoms with Crippen molar-refractivity contribution in [3.8, 4) is 0 Å². The van der Waals surface area contributed by atoms with E-state index in [1.807, 2.05) is 18.2 Å². The number of hydrogen-bond donors (Lipinski definition) is 0. The van der Waals surface area contributed by atoms with Crippen LogP contribution in [-0.2, 0) is 11.8 Å². The first-order valence-electron chi connectivity index (χ1n) is 6.24. The second-order valence-corrected chi connectivity index (χ2v) is 5.49. The summed E-state index contributed by atoms with van der Waals surface area (Å²) < 4.78 is 14.2. The summed E-state index contributed by atoms with van der Waals surface area (Å²) >= 11 is 0. The molecule has 0 saturated carbocycles. The van der Waals surface area contributed by atoms with Gasteiger partial charge in [0.2, 0.25) is 0 Å². The van der Waals surface area contributed by atoms with Crippen LogP contribution in [0.3, 0.4) is 0 Å². The van der Waals surface area contributed by atoms with Crippen molar-refractivity contribution in [1.82, 2.24) is 0 Å². The minimum absolute atomic E-state index is 0.00565. The van der Waals surface area contributed by atoms with Crippen LogP contribution in [0.4, 0.5) is 4.39 Å². The fraction of sp³-hybridized carbons (Fsp3) is 0.600. The van der Waals surface area contributed by atoms with E-state index in [2.05, 4.69) is 27.7 Å². The lowest BCUT2D eigenvalue weighted by molar-refractivity contribution is 0.512. The van der Waals surface area contributed by atoms with Gasteiger partial charge in [-0.25, -0.2) is 4.39 Å². The average Bonchev–Trinajstić information content (AvgIpc) is 2.19. The molecule has 0 radical (unpaired) electrons. The fourth-order valence-electron chi connectivity index (χ4n) is 1.92. The van der Waals surface area contributed by atoms with Crippen molar-refractivity contribution in [3.05, 3.63) is 35.1 Å². The second-order valence-electron chi connectivity index (χ2n) is 5.49. The van der Waals surface area contributed by atoms with Crippen LogP contribution in [0.1, 0.15) is 58.1 Å². The van der Waals surface area contributed by atoms with E-state index in [1.54, 1.807) is 0 Å². The van der Waals surface area contributed by atoms with Gasteiger partial charge in [0.25, 0.3) is 0 Å². The highest BCUT2D eigenvalue weighted by Gasteiger charge is 2.19. The highest BCUT2D eigenvalue weighted by molar-refractivity contribution is 5.31. The van der Waals surface area contributed by atoms with Crippen LogP contribution < -0.4 is 0 Å². The Morgan fingerprint density at radius 2 is 1.81 bits per heavy atom. The molecule has 0 unspecified atom stereocenters. The maximum absolute atomic E-state index is 14.2. The summed E-state index contributed by atoms with van der Waals surface area (Å²) in [5, 5.41) is 0. The quantitative estimate of drug-likeness (QED) is 0.638. The van der Waals surface area contributed by atoms with Crippen LogP contribution in [0.25, 0.3) is 0 Å². The standard InChI is InChI=1S/C15H23F/c1-5-6-7-9-12-10-8-11-13(14(12)16)15(2,3)4/h8,10-11H,5-7,9H2,1-4H3. The molecule has 0 nitrogen and oxygen atoms in total. The van der Waals surface area contributed by atoms with Crippen LogP contribution in [-0.4, -0.2) is 0 Å². The van der Waals surface area contributed by atoms with Gasteiger partial charge in [-0.05, 0) is 29.4 Å². The van der Waals surface area contributed by atoms with Crippen molar-refractivity contribution in [2.45, 2.75) is 58.8 Å². The Hall–Kier alpha value is -0.850. The zero-order valence-electron chi connectivity index (χ0n) is 10.9. The fourth-order valence-corrected chi connectivity index (χ4v) is 1.92. The number of aryl methyl sites for hydroxylation is 1. The lowest BCUT2D eigenvalue weighted by atomic mass is 9.85. The van der Waals surface area contributed by atoms with Crippen LogP contribution in [0, 0.1) is 5.82 Å². The van der Waals surface area contributed by atoms with Gasteiger partial charge in [-0.2, -0.15) is 0 Å². The Morgan fingerprint density at radius 3 is 2.38 bits per heavy atom. The van der Waals surface area contributed by atoms with Crippen molar-refractivity contribution < 1.29 is 4.39 Å². The molecular weight excluding hydrogens is 199 g/mol. The Labute approximate surface area is 98.9 Å². The minimum Gasteiger partial charge on any atom is -0.206 e. The summed E-state index contributed by atoms with van der Waals surface area (Å²) in [4.78, 5) is 0. The van der Waals surface area contributed by atoms with E-state index in [0.717, 1.165) is 24.0 Å². The summed E-state index contributed by atoms with van der Waals surface area (Å²) in [5.74, 6) is 0.00565. The third-order valence-electron chi connectivity index (χ3n) is 2.94. The van der Waals surface area contributed by atoms with Crippen LogP contribution >= 0.6 is 0 Å². The third kappa shape index (κ3) is 3.33. The number of hydrogen-bond acceptors (Lipinski definition) is 0. The Balaban J connectivity index is 2.87. The van der Waals surface area contributed by atoms with Crippen molar-refractivity contribution in [2.24, 2.45) is 0 Å². The highest BCUT2D eigenvalue weighted by Crippen LogP contribution is 2.27. The van der Waals surface area contributed by atoms with E-state index >= 15 is 0 Å². The van der Waals surface area contributed by atoms with Crippen molar-refractivity contribution in [3.63, 3.8) is 0 Å². The highest BCUT2D eigenvalue weighted by atomic mass is 19.1. The molecule has 1 rings (SSSR count). The smallest absolute Gasteiger partial charge is 0.130 e. The SMILES string of the molecule is CCCCCc1cccc(C(C)(C)C)c1F. The lowest BCUT2D eigenvalue weighted by Gasteiger charge is -2.21. The molecule has 1 aromatic rings. The zero-order valence-corrected chi connectivity index (χ0v) is 10.9. The summed E-state index contributed by atoms with van der Waals surface area (Å²) in [7, 11) is 0. The van der Waals surface area contributed by atoms with Crippen LogP contribution in [0.5, 0.6) is 0 Å². The van der Waals surface area contributed by atoms with Gasteiger partial charge in [-0.3, -0.25) is 0 Å². The molecule has 0 spiro atoms. The van der Waals surface area contributed by atoms with E-state index < -0.39 is 0 Å². The molecule has 16 heavy (non-hydrogen) atoms. The average molecular weight is 222 g/mol. The molecule has 0 heterocycles. The molecule has 0 bridgehead atoms. The number of benzene rings is 1. The van der Waals surface area contributed by atoms with E-state index in [9.17, 15) is 4.39 Å². The van der Waals surface area contributed by atoms with E-state index in [1.165, 1.54) is 12.8 Å². The Bertz CT molecular complexity index is 334. The summed E-state index contributed by atoms with van der Waals surface area (Å²) in [5.41, 5.74) is 1.60. The topological polar surface area (TPSA) is 0 Å². The molecule has 0 aromatic heterocycles. The molecule has 0 N–H and O–H groups in total. The first-order chi connectivity index (χ1) is 7.46. The second kappa shape index (κ2) is 5.47. The van der Waals surface area contributed by atoms with Gasteiger partial charge in [0.15, 0.2) is 0 Å². The van der Waals surface area contributed by atoms with Crippen molar-refractivity contribution in [1.29, 1.82) is 0 Å². The minimum atomic E-state index is -0.106. The maximum atomic E-state index is 14.2. The molecule has 0 amide bonds. The monoisotopic (exact) mass is 222 g/mol. The molecule has 0 fully saturated rings. The van der Waals surface area contributed by atoms with Gasteiger partial charge < -0.3 is 0 Å².